The van der Waals surface area contributed by atoms with Crippen LogP contribution in [-0.4, -0.2) is 40.5 Å². The first-order valence-electron chi connectivity index (χ1n) is 10.2. The molecule has 8 nitrogen and oxygen atoms in total. The summed E-state index contributed by atoms with van der Waals surface area (Å²) in [5.74, 6) is -0.256. The van der Waals surface area contributed by atoms with Crippen molar-refractivity contribution in [2.75, 3.05) is 7.11 Å². The zero-order chi connectivity index (χ0) is 21.9. The standard InChI is InChI=1S/C22H28N4O4/c1-5-11-22(12-6-2)20(28)26(21(29)24-22)25-19(27)10-8-16-14(3)23-18-9-7-15(30-4)13-17(16)18/h7-10,13,23H,5-6,11-12H2,1-4H3,(H,24,29)(H,25,27). The molecule has 0 bridgehead atoms. The van der Waals surface area contributed by atoms with Gasteiger partial charge in [-0.05, 0) is 44.0 Å². The molecule has 1 fully saturated rings. The number of aryl methyl sites for hydroxylation is 1. The molecule has 1 aromatic carbocycles. The summed E-state index contributed by atoms with van der Waals surface area (Å²) in [4.78, 5) is 41.0. The number of fused-ring (bicyclic) bond motifs is 1. The number of urea groups is 1. The van der Waals surface area contributed by atoms with Gasteiger partial charge in [0.2, 0.25) is 0 Å². The van der Waals surface area contributed by atoms with Gasteiger partial charge in [0.15, 0.2) is 0 Å². The van der Waals surface area contributed by atoms with Gasteiger partial charge >= 0.3 is 6.03 Å². The molecule has 1 aliphatic rings. The first-order valence-corrected chi connectivity index (χ1v) is 10.2. The Bertz CT molecular complexity index is 1000. The number of nitrogens with one attached hydrogen (secondary N) is 3. The molecule has 0 spiro atoms. The van der Waals surface area contributed by atoms with E-state index in [-0.39, 0.29) is 0 Å². The maximum Gasteiger partial charge on any atom is 0.344 e. The molecule has 30 heavy (non-hydrogen) atoms. The first-order chi connectivity index (χ1) is 14.3. The van der Waals surface area contributed by atoms with Crippen molar-refractivity contribution in [3.63, 3.8) is 0 Å². The molecule has 3 rings (SSSR count). The highest BCUT2D eigenvalue weighted by Crippen LogP contribution is 2.28. The fraction of sp³-hybridized carbons (Fsp3) is 0.409. The van der Waals surface area contributed by atoms with Gasteiger partial charge in [-0.2, -0.15) is 5.01 Å². The van der Waals surface area contributed by atoms with Gasteiger partial charge in [-0.3, -0.25) is 15.0 Å². The number of carbonyl (C=O) groups is 3. The number of carbonyl (C=O) groups excluding carboxylic acids is 3. The smallest absolute Gasteiger partial charge is 0.344 e. The second-order valence-electron chi connectivity index (χ2n) is 7.54. The largest absolute Gasteiger partial charge is 0.497 e. The monoisotopic (exact) mass is 412 g/mol. The molecule has 0 saturated carbocycles. The Morgan fingerprint density at radius 2 is 1.93 bits per heavy atom. The number of hydrazine groups is 1. The van der Waals surface area contributed by atoms with Crippen molar-refractivity contribution in [1.29, 1.82) is 0 Å². The summed E-state index contributed by atoms with van der Waals surface area (Å²) < 4.78 is 5.28. The maximum atomic E-state index is 12.9. The average Bonchev–Trinajstić information content (AvgIpc) is 3.14. The number of hydrogen-bond donors (Lipinski definition) is 3. The lowest BCUT2D eigenvalue weighted by molar-refractivity contribution is -0.138. The van der Waals surface area contributed by atoms with E-state index in [1.807, 2.05) is 39.0 Å². The number of ether oxygens (including phenoxy) is 1. The van der Waals surface area contributed by atoms with Crippen LogP contribution in [0.4, 0.5) is 4.79 Å². The van der Waals surface area contributed by atoms with E-state index in [0.29, 0.717) is 18.6 Å². The Morgan fingerprint density at radius 3 is 2.57 bits per heavy atom. The zero-order valence-electron chi connectivity index (χ0n) is 17.8. The number of benzene rings is 1. The third-order valence-electron chi connectivity index (χ3n) is 5.38. The Labute approximate surface area is 175 Å². The lowest BCUT2D eigenvalue weighted by Crippen LogP contribution is -2.49. The van der Waals surface area contributed by atoms with Crippen LogP contribution in [-0.2, 0) is 9.59 Å². The van der Waals surface area contributed by atoms with E-state index in [2.05, 4.69) is 15.7 Å². The molecule has 1 aliphatic heterocycles. The SMILES string of the molecule is CCCC1(CCC)NC(=O)N(NC(=O)C=Cc2c(C)[nH]c3ccc(OC)cc23)C1=O. The van der Waals surface area contributed by atoms with Crippen LogP contribution in [0.2, 0.25) is 0 Å². The minimum atomic E-state index is -0.943. The van der Waals surface area contributed by atoms with Crippen LogP contribution in [0.15, 0.2) is 24.3 Å². The Kier molecular flexibility index (Phi) is 6.14. The van der Waals surface area contributed by atoms with Gasteiger partial charge < -0.3 is 15.0 Å². The van der Waals surface area contributed by atoms with E-state index < -0.39 is 23.4 Å². The number of aromatic nitrogens is 1. The molecular weight excluding hydrogens is 384 g/mol. The number of aromatic amines is 1. The molecule has 0 unspecified atom stereocenters. The maximum absolute atomic E-state index is 12.9. The van der Waals surface area contributed by atoms with E-state index >= 15 is 0 Å². The van der Waals surface area contributed by atoms with E-state index in [0.717, 1.165) is 40.0 Å². The molecule has 3 N–H and O–H groups in total. The van der Waals surface area contributed by atoms with E-state index in [1.165, 1.54) is 6.08 Å². The number of H-pyrrole nitrogens is 1. The quantitative estimate of drug-likeness (QED) is 0.456. The lowest BCUT2D eigenvalue weighted by Gasteiger charge is -2.25. The first kappa shape index (κ1) is 21.4. The molecule has 160 valence electrons. The van der Waals surface area contributed by atoms with Crippen LogP contribution in [0, 0.1) is 6.92 Å². The van der Waals surface area contributed by atoms with Crippen molar-refractivity contribution >= 4 is 34.8 Å². The molecule has 0 radical (unpaired) electrons. The molecule has 8 heteroatoms. The Hall–Kier alpha value is -3.29. The van der Waals surface area contributed by atoms with Crippen LogP contribution in [0.3, 0.4) is 0 Å². The number of rotatable bonds is 8. The summed E-state index contributed by atoms with van der Waals surface area (Å²) in [6.45, 7) is 5.82. The summed E-state index contributed by atoms with van der Waals surface area (Å²) >= 11 is 0. The van der Waals surface area contributed by atoms with Gasteiger partial charge in [0.1, 0.15) is 11.3 Å². The van der Waals surface area contributed by atoms with Crippen molar-refractivity contribution < 1.29 is 19.1 Å². The normalized spacial score (nSPS) is 15.8. The van der Waals surface area contributed by atoms with Gasteiger partial charge in [-0.1, -0.05) is 26.7 Å². The van der Waals surface area contributed by atoms with Crippen molar-refractivity contribution in [2.24, 2.45) is 0 Å². The van der Waals surface area contributed by atoms with Crippen LogP contribution < -0.4 is 15.5 Å². The summed E-state index contributed by atoms with van der Waals surface area (Å²) in [6, 6.07) is 5.05. The van der Waals surface area contributed by atoms with Gasteiger partial charge in [0.25, 0.3) is 11.8 Å². The highest BCUT2D eigenvalue weighted by atomic mass is 16.5. The molecule has 2 heterocycles. The predicted octanol–water partition coefficient (Wildman–Crippen LogP) is 3.42. The summed E-state index contributed by atoms with van der Waals surface area (Å²) in [5.41, 5.74) is 4.12. The summed E-state index contributed by atoms with van der Waals surface area (Å²) in [5, 5.41) is 4.48. The summed E-state index contributed by atoms with van der Waals surface area (Å²) in [6.07, 6.45) is 5.53. The van der Waals surface area contributed by atoms with Crippen molar-refractivity contribution in [2.45, 2.75) is 52.0 Å². The highest BCUT2D eigenvalue weighted by Gasteiger charge is 2.50. The minimum Gasteiger partial charge on any atom is -0.497 e. The zero-order valence-corrected chi connectivity index (χ0v) is 17.8. The van der Waals surface area contributed by atoms with Crippen molar-refractivity contribution in [1.82, 2.24) is 20.7 Å². The molecule has 0 atom stereocenters. The second kappa shape index (κ2) is 8.61. The van der Waals surface area contributed by atoms with E-state index in [1.54, 1.807) is 13.2 Å². The molecule has 0 aliphatic carbocycles. The molecular formula is C22H28N4O4. The third kappa shape index (κ3) is 3.90. The highest BCUT2D eigenvalue weighted by molar-refractivity contribution is 6.09. The van der Waals surface area contributed by atoms with E-state index in [4.69, 9.17) is 4.74 Å². The molecule has 2 aromatic rings. The third-order valence-corrected chi connectivity index (χ3v) is 5.38. The van der Waals surface area contributed by atoms with Gasteiger partial charge in [-0.15, -0.1) is 0 Å². The molecule has 1 saturated heterocycles. The molecule has 4 amide bonds. The van der Waals surface area contributed by atoms with Crippen molar-refractivity contribution in [3.05, 3.63) is 35.5 Å². The van der Waals surface area contributed by atoms with Crippen molar-refractivity contribution in [3.8, 4) is 5.75 Å². The minimum absolute atomic E-state index is 0.411. The topological polar surface area (TPSA) is 104 Å². The number of amides is 4. The number of nitrogens with zero attached hydrogens (tertiary/aromatic N) is 1. The Balaban J connectivity index is 1.78. The number of methoxy groups -OCH3 is 1. The fourth-order valence-electron chi connectivity index (χ4n) is 4.01. The number of imide groups is 1. The van der Waals surface area contributed by atoms with Gasteiger partial charge in [0, 0.05) is 28.2 Å². The lowest BCUT2D eigenvalue weighted by atomic mass is 9.89. The Morgan fingerprint density at radius 1 is 1.23 bits per heavy atom. The van der Waals surface area contributed by atoms with Crippen LogP contribution in [0.25, 0.3) is 17.0 Å². The van der Waals surface area contributed by atoms with Crippen LogP contribution in [0.5, 0.6) is 5.75 Å². The van der Waals surface area contributed by atoms with Gasteiger partial charge in [0.05, 0.1) is 7.11 Å². The molecule has 1 aromatic heterocycles. The predicted molar refractivity (Wildman–Crippen MR) is 115 cm³/mol. The average molecular weight is 412 g/mol. The van der Waals surface area contributed by atoms with Crippen LogP contribution >= 0.6 is 0 Å². The number of hydrogen-bond acceptors (Lipinski definition) is 4. The second-order valence-corrected chi connectivity index (χ2v) is 7.54. The van der Waals surface area contributed by atoms with E-state index in [9.17, 15) is 14.4 Å². The van der Waals surface area contributed by atoms with Crippen LogP contribution in [0.1, 0.15) is 50.8 Å². The van der Waals surface area contributed by atoms with Gasteiger partial charge in [-0.25, -0.2) is 4.79 Å². The summed E-state index contributed by atoms with van der Waals surface area (Å²) in [7, 11) is 1.60. The fourth-order valence-corrected chi connectivity index (χ4v) is 4.01.